The highest BCUT2D eigenvalue weighted by atomic mass is 16.6. The van der Waals surface area contributed by atoms with Crippen LogP contribution in [0.15, 0.2) is 47.5 Å². The Morgan fingerprint density at radius 3 is 2.37 bits per heavy atom. The molecule has 9 N–H and O–H groups in total. The molecule has 20 atom stereocenters. The number of β-amino-alcohol motifs (C(OH)–C–C–N with tert-alkyl or cyclic N) is 1. The second-order valence-electron chi connectivity index (χ2n) is 31.3. The van der Waals surface area contributed by atoms with Crippen LogP contribution in [0.1, 0.15) is 224 Å². The topological polar surface area (TPSA) is 198 Å². The van der Waals surface area contributed by atoms with Crippen LogP contribution in [0.5, 0.6) is 5.75 Å². The number of aromatic hydroxyl groups is 1. The number of carbonyl (C=O) groups is 2. The van der Waals surface area contributed by atoms with Gasteiger partial charge < -0.3 is 46.6 Å². The van der Waals surface area contributed by atoms with Gasteiger partial charge in [0.2, 0.25) is 0 Å². The van der Waals surface area contributed by atoms with Gasteiger partial charge in [-0.2, -0.15) is 0 Å². The number of hydrogen-bond donors (Lipinski definition) is 8. The van der Waals surface area contributed by atoms with E-state index in [1.807, 2.05) is 20.0 Å². The Balaban J connectivity index is 1.05. The molecule has 0 amide bonds. The van der Waals surface area contributed by atoms with E-state index in [1.165, 1.54) is 16.7 Å². The van der Waals surface area contributed by atoms with Crippen LogP contribution in [0.3, 0.4) is 0 Å². The van der Waals surface area contributed by atoms with Crippen molar-refractivity contribution in [1.82, 2.24) is 10.6 Å². The van der Waals surface area contributed by atoms with Gasteiger partial charge in [0.15, 0.2) is 5.78 Å². The third kappa shape index (κ3) is 10.7. The van der Waals surface area contributed by atoms with Gasteiger partial charge in [0.05, 0.1) is 17.3 Å². The number of Topliss-reactive ketones (excluding diaryl/α,β-unsaturated/α-hetero) is 2. The smallest absolute Gasteiger partial charge is 0.160 e. The van der Waals surface area contributed by atoms with Gasteiger partial charge in [-0.05, 0) is 239 Å². The summed E-state index contributed by atoms with van der Waals surface area (Å²) in [5.74, 6) is 1.39. The largest absolute Gasteiger partial charge is 0.508 e. The van der Waals surface area contributed by atoms with Crippen LogP contribution in [0, 0.1) is 80.8 Å². The lowest BCUT2D eigenvalue weighted by atomic mass is 9.31. The number of ketones is 2. The van der Waals surface area contributed by atoms with Crippen LogP contribution in [0.25, 0.3) is 0 Å². The minimum Gasteiger partial charge on any atom is -0.508 e. The predicted octanol–water partition coefficient (Wildman–Crippen LogP) is 12.3. The summed E-state index contributed by atoms with van der Waals surface area (Å²) >= 11 is 0. The number of phenols is 1. The summed E-state index contributed by atoms with van der Waals surface area (Å²) in [6, 6.07) is 12.3. The molecule has 0 radical (unpaired) electrons. The fraction of sp³-hybridized carbons (Fsp3) is 0.778. The quantitative estimate of drug-likeness (QED) is 0.0452. The molecule has 11 nitrogen and oxygen atoms in total. The van der Waals surface area contributed by atoms with E-state index >= 15 is 9.59 Å². The molecule has 460 valence electrons. The summed E-state index contributed by atoms with van der Waals surface area (Å²) in [4.78, 5) is 32.3. The molecule has 20 unspecified atom stereocenters. The minimum absolute atomic E-state index is 0.0115. The first-order valence-corrected chi connectivity index (χ1v) is 33.7. The lowest BCUT2D eigenvalue weighted by Crippen LogP contribution is -2.73. The van der Waals surface area contributed by atoms with Gasteiger partial charge in [0.25, 0.3) is 0 Å². The molecule has 83 heavy (non-hydrogen) atoms. The summed E-state index contributed by atoms with van der Waals surface area (Å²) in [5, 5.41) is 68.0. The zero-order valence-electron chi connectivity index (χ0n) is 52.5. The number of anilines is 1. The van der Waals surface area contributed by atoms with E-state index in [2.05, 4.69) is 83.4 Å². The molecule has 7 aliphatic carbocycles. The van der Waals surface area contributed by atoms with Crippen molar-refractivity contribution in [2.75, 3.05) is 32.5 Å². The van der Waals surface area contributed by atoms with Crippen molar-refractivity contribution in [2.24, 2.45) is 80.8 Å². The number of unbranched alkanes of at least 4 members (excludes halogenated alkanes) is 2. The van der Waals surface area contributed by atoms with E-state index in [0.717, 1.165) is 125 Å². The van der Waals surface area contributed by atoms with E-state index in [0.29, 0.717) is 57.5 Å². The fourth-order valence-corrected chi connectivity index (χ4v) is 22.4. The number of ether oxygens (including phenoxy) is 1. The average Bonchev–Trinajstić information content (AvgIpc) is 1.72. The first-order valence-electron chi connectivity index (χ1n) is 33.7. The first-order chi connectivity index (χ1) is 39.5. The number of aliphatic hydroxyl groups is 4. The molecule has 0 aromatic heterocycles. The molecule has 1 spiro atoms. The Bertz CT molecular complexity index is 2740. The highest BCUT2D eigenvalue weighted by Crippen LogP contribution is 2.79. The van der Waals surface area contributed by atoms with Crippen molar-refractivity contribution >= 4 is 17.3 Å². The highest BCUT2D eigenvalue weighted by molar-refractivity contribution is 6.01. The standard InChI is InChI=1S/C72H109N3O8/c1-10-11-12-16-47-31-46-20-19-43(39-76)30-53(46)54(34-60(79)66-71(8,83-66)56-18-15-17-52(56)48-26-44(25-42(2)3)28-50(73)32-48)63-57-21-22-62-69(6)35-55(49-27-45(38-74-9)29-51(78)33-49)65(81)68(5)24-14-13-23-67(4,82)41-75-59(64(68)69)36-72(62,58(47)40-77)70(57,7)37-61(63)80/h26-29,32-33,42-43,46-47,52-56,58-60,62,64,66,74-79,82H,10-25,30-31,34-41,73H2,1-9H3. The molecule has 11 rings (SSSR count). The summed E-state index contributed by atoms with van der Waals surface area (Å²) in [5.41, 5.74) is 10.1. The van der Waals surface area contributed by atoms with Crippen LogP contribution in [0.2, 0.25) is 0 Å². The van der Waals surface area contributed by atoms with Crippen molar-refractivity contribution in [2.45, 2.75) is 244 Å². The number of nitrogen functional groups attached to an aromatic ring is 1. The highest BCUT2D eigenvalue weighted by Gasteiger charge is 2.76. The minimum atomic E-state index is -0.957. The third-order valence-electron chi connectivity index (χ3n) is 25.6. The maximum Gasteiger partial charge on any atom is 0.160 e. The maximum atomic E-state index is 16.2. The van der Waals surface area contributed by atoms with Crippen LogP contribution < -0.4 is 16.4 Å². The number of allylic oxidation sites excluding steroid dienone is 2. The van der Waals surface area contributed by atoms with Gasteiger partial charge in [-0.25, -0.2) is 0 Å². The number of nitrogens with one attached hydrogen (secondary N) is 2. The van der Waals surface area contributed by atoms with Gasteiger partial charge in [-0.1, -0.05) is 104 Å². The molecule has 2 aromatic carbocycles. The SMILES string of the molecule is CCCCCC1CC2CCC(CO)CC2C(CC(O)C2OC2(C)C2CCCC2c2cc(N)cc(CC(C)C)c2)C2=C3CCC4C5(C)CC(c6cc(O)cc(CNC)c6)C(=O)C6(C)CCCCC(C)(O)CNC(CC4(C1CO)C3(C)CC2=O)C65. The van der Waals surface area contributed by atoms with Crippen LogP contribution >= 0.6 is 0 Å². The molecule has 11 heteroatoms. The summed E-state index contributed by atoms with van der Waals surface area (Å²) in [7, 11) is 1.91. The Kier molecular flexibility index (Phi) is 17.3. The molecule has 5 saturated carbocycles. The molecule has 7 fully saturated rings. The van der Waals surface area contributed by atoms with Crippen LogP contribution in [-0.4, -0.2) is 93.4 Å². The lowest BCUT2D eigenvalue weighted by Gasteiger charge is -2.74. The van der Waals surface area contributed by atoms with Gasteiger partial charge >= 0.3 is 0 Å². The van der Waals surface area contributed by atoms with Crippen molar-refractivity contribution in [1.29, 1.82) is 0 Å². The van der Waals surface area contributed by atoms with E-state index in [9.17, 15) is 25.5 Å². The Labute approximate surface area is 498 Å². The summed E-state index contributed by atoms with van der Waals surface area (Å²) < 4.78 is 6.94. The number of benzene rings is 2. The number of carbonyl (C=O) groups excluding carboxylic acids is 2. The molecule has 2 heterocycles. The van der Waals surface area contributed by atoms with Gasteiger partial charge in [-0.3, -0.25) is 9.59 Å². The van der Waals surface area contributed by atoms with Crippen molar-refractivity contribution < 1.29 is 39.9 Å². The monoisotopic (exact) mass is 1140 g/mol. The zero-order valence-corrected chi connectivity index (χ0v) is 52.5. The van der Waals surface area contributed by atoms with E-state index < -0.39 is 44.9 Å². The third-order valence-corrected chi connectivity index (χ3v) is 25.6. The van der Waals surface area contributed by atoms with Crippen molar-refractivity contribution in [3.05, 3.63) is 69.8 Å². The van der Waals surface area contributed by atoms with Crippen LogP contribution in [0.4, 0.5) is 5.69 Å². The normalized spacial score (nSPS) is 42.9. The molecule has 2 saturated heterocycles. The second kappa shape index (κ2) is 23.4. The number of hydrogen-bond acceptors (Lipinski definition) is 11. The fourth-order valence-electron chi connectivity index (χ4n) is 22.4. The van der Waals surface area contributed by atoms with E-state index in [-0.39, 0.29) is 102 Å². The Morgan fingerprint density at radius 1 is 0.867 bits per heavy atom. The van der Waals surface area contributed by atoms with Crippen molar-refractivity contribution in [3.8, 4) is 5.75 Å². The Hall–Kier alpha value is -3.16. The molecule has 2 aliphatic heterocycles. The van der Waals surface area contributed by atoms with Crippen LogP contribution in [-0.2, 0) is 27.3 Å². The van der Waals surface area contributed by atoms with Gasteiger partial charge in [-0.15, -0.1) is 0 Å². The second-order valence-corrected chi connectivity index (χ2v) is 31.3. The first kappa shape index (κ1) is 61.5. The van der Waals surface area contributed by atoms with Gasteiger partial charge in [0, 0.05) is 61.2 Å². The lowest BCUT2D eigenvalue weighted by molar-refractivity contribution is -0.233. The van der Waals surface area contributed by atoms with Gasteiger partial charge in [0.1, 0.15) is 17.6 Å². The average molecular weight is 1140 g/mol. The molecular weight excluding hydrogens is 1030 g/mol. The summed E-state index contributed by atoms with van der Waals surface area (Å²) in [6.07, 6.45) is 17.5. The summed E-state index contributed by atoms with van der Waals surface area (Å²) in [6.45, 7) is 19.3. The number of nitrogens with two attached hydrogens (primary N) is 1. The maximum absolute atomic E-state index is 16.2. The van der Waals surface area contributed by atoms with Crippen molar-refractivity contribution in [3.63, 3.8) is 0 Å². The van der Waals surface area contributed by atoms with E-state index in [4.69, 9.17) is 10.5 Å². The number of fused-ring (bicyclic) bond motifs is 2. The molecule has 9 aliphatic rings. The number of aliphatic hydroxyl groups excluding tert-OH is 3. The molecule has 4 bridgehead atoms. The van der Waals surface area contributed by atoms with E-state index in [1.54, 1.807) is 6.07 Å². The number of epoxide rings is 1. The number of rotatable bonds is 16. The molecule has 2 aromatic rings. The zero-order chi connectivity index (χ0) is 59.2. The number of phenolic OH excluding ortho intramolecular Hbond substituents is 1. The predicted molar refractivity (Wildman–Crippen MR) is 329 cm³/mol. The Morgan fingerprint density at radius 2 is 1.64 bits per heavy atom. The molecular formula is C72H109N3O8.